The fourth-order valence-corrected chi connectivity index (χ4v) is 6.40. The van der Waals surface area contributed by atoms with Crippen LogP contribution in [0.1, 0.15) is 52.4 Å². The first-order valence-electron chi connectivity index (χ1n) is 14.2. The summed E-state index contributed by atoms with van der Waals surface area (Å²) >= 11 is 0. The van der Waals surface area contributed by atoms with Crippen LogP contribution < -0.4 is 4.74 Å². The fraction of sp³-hybridized carbons (Fsp3) is 0.531. The van der Waals surface area contributed by atoms with E-state index in [9.17, 15) is 15.0 Å². The van der Waals surface area contributed by atoms with Crippen molar-refractivity contribution in [3.63, 3.8) is 0 Å². The zero-order chi connectivity index (χ0) is 26.6. The zero-order valence-corrected chi connectivity index (χ0v) is 22.4. The first kappa shape index (κ1) is 26.9. The van der Waals surface area contributed by atoms with Crippen molar-refractivity contribution in [1.82, 2.24) is 0 Å². The lowest BCUT2D eigenvalue weighted by atomic mass is 9.66. The molecule has 38 heavy (non-hydrogen) atoms. The predicted octanol–water partition coefficient (Wildman–Crippen LogP) is 5.36. The molecule has 3 aliphatic rings. The molecule has 0 radical (unpaired) electrons. The maximum absolute atomic E-state index is 13.5. The van der Waals surface area contributed by atoms with E-state index in [0.717, 1.165) is 29.2 Å². The Labute approximate surface area is 225 Å². The van der Waals surface area contributed by atoms with Gasteiger partial charge in [-0.25, -0.2) is 4.79 Å². The minimum Gasteiger partial charge on any atom is -0.478 e. The van der Waals surface area contributed by atoms with Crippen LogP contribution in [0.2, 0.25) is 0 Å². The summed E-state index contributed by atoms with van der Waals surface area (Å²) in [6, 6.07) is 13.8. The van der Waals surface area contributed by atoms with Crippen molar-refractivity contribution in [2.75, 3.05) is 6.61 Å². The third-order valence-electron chi connectivity index (χ3n) is 8.45. The van der Waals surface area contributed by atoms with E-state index in [1.807, 2.05) is 55.5 Å². The third-order valence-corrected chi connectivity index (χ3v) is 8.45. The molecule has 204 valence electrons. The van der Waals surface area contributed by atoms with E-state index < -0.39 is 24.3 Å². The van der Waals surface area contributed by atoms with Crippen LogP contribution in [0.3, 0.4) is 0 Å². The van der Waals surface area contributed by atoms with Gasteiger partial charge in [0.25, 0.3) is 0 Å². The summed E-state index contributed by atoms with van der Waals surface area (Å²) in [6.45, 7) is 4.73. The van der Waals surface area contributed by atoms with Crippen LogP contribution in [0, 0.1) is 17.8 Å². The number of rotatable bonds is 8. The Kier molecular flexibility index (Phi) is 8.51. The molecular weight excluding hydrogens is 480 g/mol. The lowest BCUT2D eigenvalue weighted by molar-refractivity contribution is -0.163. The number of carbonyl (C=O) groups is 1. The Morgan fingerprint density at radius 3 is 2.74 bits per heavy atom. The van der Waals surface area contributed by atoms with E-state index in [2.05, 4.69) is 19.1 Å². The summed E-state index contributed by atoms with van der Waals surface area (Å²) in [5.41, 5.74) is 1.04. The molecule has 1 saturated heterocycles. The number of hydrogen-bond acceptors (Lipinski definition) is 6. The lowest BCUT2D eigenvalue weighted by Gasteiger charge is -2.43. The molecule has 0 aromatic heterocycles. The number of aliphatic hydroxyl groups is 2. The van der Waals surface area contributed by atoms with Gasteiger partial charge in [-0.05, 0) is 61.0 Å². The average molecular weight is 521 g/mol. The van der Waals surface area contributed by atoms with Crippen LogP contribution in [-0.2, 0) is 14.3 Å². The molecule has 0 bridgehead atoms. The fourth-order valence-electron chi connectivity index (χ4n) is 6.40. The highest BCUT2D eigenvalue weighted by molar-refractivity contribution is 5.88. The number of aliphatic hydroxyl groups excluding tert-OH is 2. The molecule has 2 aromatic rings. The zero-order valence-electron chi connectivity index (χ0n) is 22.4. The van der Waals surface area contributed by atoms with Gasteiger partial charge in [-0.1, -0.05) is 68.5 Å². The van der Waals surface area contributed by atoms with Gasteiger partial charge < -0.3 is 24.4 Å². The molecular formula is C32H40O6. The van der Waals surface area contributed by atoms with Crippen LogP contribution in [0.15, 0.2) is 66.3 Å². The number of esters is 1. The second-order valence-corrected chi connectivity index (χ2v) is 11.1. The Morgan fingerprint density at radius 1 is 1.11 bits per heavy atom. The number of fused-ring (bicyclic) bond motifs is 2. The molecule has 2 aliphatic carbocycles. The highest BCUT2D eigenvalue weighted by Gasteiger charge is 2.43. The topological polar surface area (TPSA) is 85.2 Å². The maximum atomic E-state index is 13.5. The van der Waals surface area contributed by atoms with Gasteiger partial charge in [0.1, 0.15) is 11.9 Å². The molecule has 0 saturated carbocycles. The van der Waals surface area contributed by atoms with Gasteiger partial charge in [-0.2, -0.15) is 0 Å². The Balaban J connectivity index is 1.31. The van der Waals surface area contributed by atoms with Crippen LogP contribution in [-0.4, -0.2) is 53.3 Å². The summed E-state index contributed by atoms with van der Waals surface area (Å²) in [7, 11) is 0. The smallest absolute Gasteiger partial charge is 0.347 e. The minimum absolute atomic E-state index is 0.00549. The van der Waals surface area contributed by atoms with E-state index >= 15 is 0 Å². The Bertz CT molecular complexity index is 1170. The average Bonchev–Trinajstić information content (AvgIpc) is 2.91. The molecule has 1 fully saturated rings. The summed E-state index contributed by atoms with van der Waals surface area (Å²) in [5.74, 6) is 0.830. The third kappa shape index (κ3) is 5.98. The molecule has 1 aliphatic heterocycles. The van der Waals surface area contributed by atoms with Crippen molar-refractivity contribution < 1.29 is 29.2 Å². The van der Waals surface area contributed by atoms with Crippen molar-refractivity contribution in [2.24, 2.45) is 17.8 Å². The lowest BCUT2D eigenvalue weighted by Crippen LogP contribution is -2.44. The SMILES string of the molecule is CCC(Oc1cccc2ccccc12)C(=O)O[C@H]1C[C@H](O)C=C2C=C[C@H](C)[C@H](CC[C@@H]3C[C@H](O)CCO3)[C@H]21. The quantitative estimate of drug-likeness (QED) is 0.456. The van der Waals surface area contributed by atoms with Crippen LogP contribution in [0.25, 0.3) is 10.8 Å². The summed E-state index contributed by atoms with van der Waals surface area (Å²) in [4.78, 5) is 13.5. The van der Waals surface area contributed by atoms with Crippen LogP contribution in [0.5, 0.6) is 5.75 Å². The van der Waals surface area contributed by atoms with Gasteiger partial charge in [0.15, 0.2) is 6.10 Å². The molecule has 2 aromatic carbocycles. The number of ether oxygens (including phenoxy) is 3. The van der Waals surface area contributed by atoms with Gasteiger partial charge in [-0.15, -0.1) is 0 Å². The molecule has 1 unspecified atom stereocenters. The van der Waals surface area contributed by atoms with E-state index in [1.54, 1.807) is 0 Å². The summed E-state index contributed by atoms with van der Waals surface area (Å²) in [5, 5.41) is 22.7. The first-order chi connectivity index (χ1) is 18.4. The van der Waals surface area contributed by atoms with Crippen molar-refractivity contribution in [3.8, 4) is 5.75 Å². The van der Waals surface area contributed by atoms with Gasteiger partial charge >= 0.3 is 5.97 Å². The second-order valence-electron chi connectivity index (χ2n) is 11.1. The molecule has 0 amide bonds. The Hall–Kier alpha value is -2.67. The monoisotopic (exact) mass is 520 g/mol. The van der Waals surface area contributed by atoms with Crippen molar-refractivity contribution >= 4 is 16.7 Å². The first-order valence-corrected chi connectivity index (χ1v) is 14.2. The molecule has 6 nitrogen and oxygen atoms in total. The van der Waals surface area contributed by atoms with Crippen molar-refractivity contribution in [3.05, 3.63) is 66.3 Å². The van der Waals surface area contributed by atoms with Crippen molar-refractivity contribution in [2.45, 2.75) is 82.9 Å². The predicted molar refractivity (Wildman–Crippen MR) is 147 cm³/mol. The Morgan fingerprint density at radius 2 is 1.92 bits per heavy atom. The molecule has 8 atom stereocenters. The van der Waals surface area contributed by atoms with E-state index in [4.69, 9.17) is 14.2 Å². The second kappa shape index (κ2) is 12.0. The minimum atomic E-state index is -0.737. The highest BCUT2D eigenvalue weighted by Crippen LogP contribution is 2.44. The van der Waals surface area contributed by atoms with Gasteiger partial charge in [0.2, 0.25) is 0 Å². The molecule has 2 N–H and O–H groups in total. The van der Waals surface area contributed by atoms with E-state index in [0.29, 0.717) is 44.0 Å². The highest BCUT2D eigenvalue weighted by atomic mass is 16.6. The number of hydrogen-bond donors (Lipinski definition) is 2. The number of carbonyl (C=O) groups excluding carboxylic acids is 1. The molecule has 1 heterocycles. The van der Waals surface area contributed by atoms with Gasteiger partial charge in [-0.3, -0.25) is 0 Å². The largest absolute Gasteiger partial charge is 0.478 e. The van der Waals surface area contributed by atoms with E-state index in [-0.39, 0.29) is 24.0 Å². The summed E-state index contributed by atoms with van der Waals surface area (Å²) in [6.07, 6.45) is 8.10. The number of benzene rings is 2. The van der Waals surface area contributed by atoms with Gasteiger partial charge in [0.05, 0.1) is 18.3 Å². The number of allylic oxidation sites excluding steroid dienone is 2. The van der Waals surface area contributed by atoms with Gasteiger partial charge in [0, 0.05) is 24.3 Å². The maximum Gasteiger partial charge on any atom is 0.347 e. The van der Waals surface area contributed by atoms with E-state index in [1.165, 1.54) is 0 Å². The van der Waals surface area contributed by atoms with Crippen LogP contribution >= 0.6 is 0 Å². The summed E-state index contributed by atoms with van der Waals surface area (Å²) < 4.78 is 18.3. The normalized spacial score (nSPS) is 31.8. The molecule has 0 spiro atoms. The van der Waals surface area contributed by atoms with Crippen molar-refractivity contribution in [1.29, 1.82) is 0 Å². The molecule has 5 rings (SSSR count). The molecule has 6 heteroatoms. The van der Waals surface area contributed by atoms with Crippen LogP contribution in [0.4, 0.5) is 0 Å². The standard InChI is InChI=1S/C32H40O6/c1-3-28(37-29-10-6-8-21-7-4-5-9-27(21)29)32(35)38-30-19-24(34)17-22-12-11-20(2)26(31(22)30)14-13-25-18-23(33)15-16-36-25/h4-12,17,20,23-26,28,30-31,33-34H,3,13-16,18-19H2,1-2H3/t20-,23+,24+,25+,26-,28?,30-,31-/m0/s1.